The molecular weight excluding hydrogens is 607 g/mol. The van der Waals surface area contributed by atoms with E-state index >= 15 is 0 Å². The predicted octanol–water partition coefficient (Wildman–Crippen LogP) is 8.83. The number of hydrogen-bond donors (Lipinski definition) is 3. The van der Waals surface area contributed by atoms with Gasteiger partial charge in [0.25, 0.3) is 0 Å². The highest BCUT2D eigenvalue weighted by Gasteiger charge is 2.22. The van der Waals surface area contributed by atoms with E-state index in [-0.39, 0.29) is 19.4 Å². The van der Waals surface area contributed by atoms with Crippen LogP contribution in [0.3, 0.4) is 0 Å². The zero-order chi connectivity index (χ0) is 34.3. The van der Waals surface area contributed by atoms with E-state index in [0.29, 0.717) is 25.7 Å². The Kier molecular flexibility index (Phi) is 29.0. The highest BCUT2D eigenvalue weighted by molar-refractivity contribution is 7.46. The van der Waals surface area contributed by atoms with E-state index in [1.54, 1.807) is 6.08 Å². The molecule has 0 aromatic carbocycles. The fourth-order valence-electron chi connectivity index (χ4n) is 4.45. The fourth-order valence-corrected chi connectivity index (χ4v) is 4.81. The lowest BCUT2D eigenvalue weighted by atomic mass is 10.0. The molecule has 0 aliphatic rings. The van der Waals surface area contributed by atoms with Crippen LogP contribution in [0.1, 0.15) is 136 Å². The van der Waals surface area contributed by atoms with Gasteiger partial charge < -0.3 is 24.4 Å². The molecule has 3 N–H and O–H groups in total. The number of allylic oxidation sites excluding steroid dienone is 6. The molecule has 0 heterocycles. The van der Waals surface area contributed by atoms with Crippen molar-refractivity contribution in [2.24, 2.45) is 5.92 Å². The monoisotopic (exact) mass is 670 g/mol. The minimum absolute atomic E-state index is 0.156. The van der Waals surface area contributed by atoms with Crippen LogP contribution in [-0.4, -0.2) is 52.3 Å². The zero-order valence-electron chi connectivity index (χ0n) is 28.7. The van der Waals surface area contributed by atoms with E-state index in [9.17, 15) is 19.3 Å². The number of carbonyl (C=O) groups excluding carboxylic acids is 2. The third-order valence-electron chi connectivity index (χ3n) is 7.11. The molecule has 0 radical (unpaired) electrons. The van der Waals surface area contributed by atoms with Crippen LogP contribution in [0.2, 0.25) is 0 Å². The molecule has 0 saturated heterocycles. The Morgan fingerprint density at radius 3 is 2.09 bits per heavy atom. The largest absolute Gasteiger partial charge is 0.469 e. The molecule has 0 aromatic rings. The van der Waals surface area contributed by atoms with Gasteiger partial charge in [-0.05, 0) is 50.9 Å². The van der Waals surface area contributed by atoms with Gasteiger partial charge in [-0.15, -0.1) is 0 Å². The Balaban J connectivity index is 4.18. The van der Waals surface area contributed by atoms with Gasteiger partial charge in [-0.3, -0.25) is 14.1 Å². The van der Waals surface area contributed by atoms with Crippen LogP contribution in [0.25, 0.3) is 0 Å². The van der Waals surface area contributed by atoms with Crippen molar-refractivity contribution in [3.63, 3.8) is 0 Å². The van der Waals surface area contributed by atoms with Crippen LogP contribution < -0.4 is 0 Å². The number of rotatable bonds is 30. The normalized spacial score (nSPS) is 13.9. The molecule has 0 saturated carbocycles. The lowest BCUT2D eigenvalue weighted by Gasteiger charge is -2.18. The SMILES string of the molecule is CCCCC/C=C\C=C/[C@@H](O)C/C=C\C/C=C/CCCC(=O)OC[C@H](COP(=O)(O)O)OC(=O)CCCCCCCCCC(C)C. The maximum absolute atomic E-state index is 12.3. The smallest absolute Gasteiger partial charge is 0.462 e. The second kappa shape index (κ2) is 30.3. The molecule has 10 heteroatoms. The number of ether oxygens (including phenoxy) is 2. The third-order valence-corrected chi connectivity index (χ3v) is 7.59. The molecule has 0 rings (SSSR count). The fraction of sp³-hybridized carbons (Fsp3) is 0.722. The Morgan fingerprint density at radius 1 is 0.739 bits per heavy atom. The van der Waals surface area contributed by atoms with Crippen LogP contribution in [0.5, 0.6) is 0 Å². The molecule has 0 amide bonds. The highest BCUT2D eigenvalue weighted by atomic mass is 31.2. The van der Waals surface area contributed by atoms with E-state index in [2.05, 4.69) is 31.4 Å². The average Bonchev–Trinajstić information content (AvgIpc) is 2.99. The van der Waals surface area contributed by atoms with Crippen LogP contribution in [0.4, 0.5) is 0 Å². The first kappa shape index (κ1) is 44.0. The van der Waals surface area contributed by atoms with Crippen LogP contribution in [0.15, 0.2) is 48.6 Å². The number of phosphoric ester groups is 1. The van der Waals surface area contributed by atoms with Gasteiger partial charge in [0.15, 0.2) is 6.10 Å². The van der Waals surface area contributed by atoms with Crippen molar-refractivity contribution in [2.45, 2.75) is 149 Å². The van der Waals surface area contributed by atoms with Gasteiger partial charge in [0.05, 0.1) is 12.7 Å². The van der Waals surface area contributed by atoms with Gasteiger partial charge in [0.2, 0.25) is 0 Å². The van der Waals surface area contributed by atoms with E-state index in [1.165, 1.54) is 44.9 Å². The first-order valence-electron chi connectivity index (χ1n) is 17.4. The number of aliphatic hydroxyl groups excluding tert-OH is 1. The Bertz CT molecular complexity index is 920. The van der Waals surface area contributed by atoms with E-state index in [0.717, 1.165) is 38.0 Å². The van der Waals surface area contributed by atoms with Gasteiger partial charge in [-0.2, -0.15) is 0 Å². The second-order valence-electron chi connectivity index (χ2n) is 12.2. The molecule has 0 spiro atoms. The summed E-state index contributed by atoms with van der Waals surface area (Å²) in [5.41, 5.74) is 0. The maximum atomic E-state index is 12.3. The molecule has 0 aliphatic heterocycles. The summed E-state index contributed by atoms with van der Waals surface area (Å²) in [5, 5.41) is 9.99. The summed E-state index contributed by atoms with van der Waals surface area (Å²) < 4.78 is 26.1. The summed E-state index contributed by atoms with van der Waals surface area (Å²) in [6.45, 7) is 5.75. The number of hydrogen-bond acceptors (Lipinski definition) is 7. The number of phosphoric acid groups is 1. The molecule has 46 heavy (non-hydrogen) atoms. The standard InChI is InChI=1S/C36H63O9P/c1-4-5-6-7-10-16-21-26-33(37)27-22-17-12-9-13-18-23-28-35(38)43-30-34(31-44-46(40,41)42)45-36(39)29-24-19-14-8-11-15-20-25-32(2)3/h9-10,13,16-17,21-22,26,32-34,37H,4-8,11-12,14-15,18-20,23-25,27-31H2,1-3H3,(H2,40,41,42)/b13-9+,16-10-,22-17-,26-21-/t33-,34-/m1/s1. The summed E-state index contributed by atoms with van der Waals surface area (Å²) in [6.07, 6.45) is 30.3. The molecule has 0 aliphatic carbocycles. The summed E-state index contributed by atoms with van der Waals surface area (Å²) in [6, 6.07) is 0. The number of unbranched alkanes of at least 4 members (excludes halogenated alkanes) is 10. The Labute approximate surface area is 278 Å². The van der Waals surface area contributed by atoms with E-state index in [4.69, 9.17) is 19.3 Å². The molecule has 9 nitrogen and oxygen atoms in total. The number of esters is 2. The summed E-state index contributed by atoms with van der Waals surface area (Å²) in [7, 11) is -4.77. The van der Waals surface area contributed by atoms with Crippen LogP contribution in [-0.2, 0) is 28.2 Å². The van der Waals surface area contributed by atoms with Crippen molar-refractivity contribution in [3.8, 4) is 0 Å². The topological polar surface area (TPSA) is 140 Å². The second-order valence-corrected chi connectivity index (χ2v) is 13.4. The van der Waals surface area contributed by atoms with Crippen molar-refractivity contribution in [2.75, 3.05) is 13.2 Å². The molecule has 0 fully saturated rings. The summed E-state index contributed by atoms with van der Waals surface area (Å²) in [4.78, 5) is 42.5. The number of aliphatic hydroxyl groups is 1. The first-order valence-corrected chi connectivity index (χ1v) is 18.9. The lowest BCUT2D eigenvalue weighted by molar-refractivity contribution is -0.161. The van der Waals surface area contributed by atoms with Crippen molar-refractivity contribution in [1.29, 1.82) is 0 Å². The van der Waals surface area contributed by atoms with Gasteiger partial charge >= 0.3 is 19.8 Å². The predicted molar refractivity (Wildman–Crippen MR) is 185 cm³/mol. The van der Waals surface area contributed by atoms with Gasteiger partial charge in [-0.1, -0.05) is 127 Å². The van der Waals surface area contributed by atoms with E-state index in [1.807, 2.05) is 36.5 Å². The molecule has 2 atom stereocenters. The zero-order valence-corrected chi connectivity index (χ0v) is 29.6. The van der Waals surface area contributed by atoms with Gasteiger partial charge in [-0.25, -0.2) is 4.57 Å². The third kappa shape index (κ3) is 33.3. The van der Waals surface area contributed by atoms with Crippen LogP contribution >= 0.6 is 7.82 Å². The number of carbonyl (C=O) groups is 2. The maximum Gasteiger partial charge on any atom is 0.469 e. The summed E-state index contributed by atoms with van der Waals surface area (Å²) in [5.74, 6) is -0.260. The summed E-state index contributed by atoms with van der Waals surface area (Å²) >= 11 is 0. The quantitative estimate of drug-likeness (QED) is 0.0225. The minimum atomic E-state index is -4.77. The highest BCUT2D eigenvalue weighted by Crippen LogP contribution is 2.35. The van der Waals surface area contributed by atoms with Crippen LogP contribution in [0, 0.1) is 5.92 Å². The van der Waals surface area contributed by atoms with Crippen molar-refractivity contribution in [3.05, 3.63) is 48.6 Å². The molecule has 0 unspecified atom stereocenters. The van der Waals surface area contributed by atoms with Crippen molar-refractivity contribution < 1.29 is 43.0 Å². The molecular formula is C36H63O9P. The van der Waals surface area contributed by atoms with Crippen molar-refractivity contribution in [1.82, 2.24) is 0 Å². The molecule has 266 valence electrons. The lowest BCUT2D eigenvalue weighted by Crippen LogP contribution is -2.29. The van der Waals surface area contributed by atoms with Gasteiger partial charge in [0.1, 0.15) is 6.61 Å². The van der Waals surface area contributed by atoms with Crippen molar-refractivity contribution >= 4 is 19.8 Å². The molecule has 0 aromatic heterocycles. The first-order chi connectivity index (χ1) is 22.0. The van der Waals surface area contributed by atoms with Gasteiger partial charge in [0, 0.05) is 12.8 Å². The Hall–Kier alpha value is -2.03. The van der Waals surface area contributed by atoms with E-state index < -0.39 is 38.6 Å². The average molecular weight is 671 g/mol. The molecule has 0 bridgehead atoms. The Morgan fingerprint density at radius 2 is 1.39 bits per heavy atom. The minimum Gasteiger partial charge on any atom is -0.462 e.